The number of unbranched alkanes of at least 4 members (excludes halogenated alkanes) is 1. The molecule has 1 aromatic rings. The molecule has 0 aliphatic heterocycles. The molecule has 0 saturated carbocycles. The SMILES string of the molecule is CN=C(NCCCCOCCOC)NCc1ccc(C)cc1OCCOC.I. The predicted octanol–water partition coefficient (Wildman–Crippen LogP) is 2.75. The number of ether oxygens (including phenoxy) is 4. The third kappa shape index (κ3) is 12.4. The third-order valence-electron chi connectivity index (χ3n) is 3.88. The number of aliphatic imine (C=N–C) groups is 1. The molecule has 0 fully saturated rings. The monoisotopic (exact) mass is 509 g/mol. The number of aryl methyl sites for hydroxylation is 1. The van der Waals surface area contributed by atoms with Crippen molar-refractivity contribution in [3.63, 3.8) is 0 Å². The Kier molecular flexibility index (Phi) is 17.3. The van der Waals surface area contributed by atoms with E-state index in [0.29, 0.717) is 33.0 Å². The van der Waals surface area contributed by atoms with Crippen LogP contribution in [0, 0.1) is 6.92 Å². The number of halogens is 1. The van der Waals surface area contributed by atoms with Crippen LogP contribution >= 0.6 is 24.0 Å². The molecule has 0 amide bonds. The van der Waals surface area contributed by atoms with Gasteiger partial charge in [-0.3, -0.25) is 4.99 Å². The number of nitrogens with zero attached hydrogens (tertiary/aromatic N) is 1. The summed E-state index contributed by atoms with van der Waals surface area (Å²) in [5, 5.41) is 6.66. The normalized spacial score (nSPS) is 11.1. The lowest BCUT2D eigenvalue weighted by molar-refractivity contribution is 0.0689. The molecule has 8 heteroatoms. The second kappa shape index (κ2) is 18.0. The number of guanidine groups is 1. The minimum absolute atomic E-state index is 0. The highest BCUT2D eigenvalue weighted by Crippen LogP contribution is 2.20. The van der Waals surface area contributed by atoms with E-state index < -0.39 is 0 Å². The average molecular weight is 509 g/mol. The first-order valence-corrected chi connectivity index (χ1v) is 9.43. The van der Waals surface area contributed by atoms with Crippen molar-refractivity contribution in [2.75, 3.05) is 60.8 Å². The van der Waals surface area contributed by atoms with Crippen LogP contribution in [0.15, 0.2) is 23.2 Å². The van der Waals surface area contributed by atoms with E-state index in [9.17, 15) is 0 Å². The maximum Gasteiger partial charge on any atom is 0.191 e. The van der Waals surface area contributed by atoms with Crippen LogP contribution in [0.3, 0.4) is 0 Å². The van der Waals surface area contributed by atoms with Gasteiger partial charge >= 0.3 is 0 Å². The molecule has 0 aromatic heterocycles. The van der Waals surface area contributed by atoms with E-state index in [0.717, 1.165) is 43.3 Å². The molecule has 0 heterocycles. The molecule has 0 radical (unpaired) electrons. The molecule has 0 aliphatic carbocycles. The second-order valence-corrected chi connectivity index (χ2v) is 6.12. The highest BCUT2D eigenvalue weighted by molar-refractivity contribution is 14.0. The summed E-state index contributed by atoms with van der Waals surface area (Å²) in [6, 6.07) is 6.21. The fourth-order valence-corrected chi connectivity index (χ4v) is 2.36. The molecule has 0 spiro atoms. The fraction of sp³-hybridized carbons (Fsp3) is 0.650. The Labute approximate surface area is 186 Å². The second-order valence-electron chi connectivity index (χ2n) is 6.12. The molecule has 162 valence electrons. The topological polar surface area (TPSA) is 73.3 Å². The van der Waals surface area contributed by atoms with E-state index in [2.05, 4.69) is 34.7 Å². The van der Waals surface area contributed by atoms with Crippen LogP contribution in [-0.2, 0) is 20.8 Å². The van der Waals surface area contributed by atoms with Crippen LogP contribution in [-0.4, -0.2) is 66.8 Å². The molecular weight excluding hydrogens is 473 g/mol. The highest BCUT2D eigenvalue weighted by atomic mass is 127. The number of benzene rings is 1. The van der Waals surface area contributed by atoms with Gasteiger partial charge in [0.2, 0.25) is 0 Å². The molecule has 28 heavy (non-hydrogen) atoms. The number of hydrogen-bond acceptors (Lipinski definition) is 5. The minimum Gasteiger partial charge on any atom is -0.491 e. The van der Waals surface area contributed by atoms with Crippen LogP contribution in [0.1, 0.15) is 24.0 Å². The van der Waals surface area contributed by atoms with Crippen molar-refractivity contribution in [2.45, 2.75) is 26.3 Å². The van der Waals surface area contributed by atoms with Crippen molar-refractivity contribution >= 4 is 29.9 Å². The molecule has 0 bridgehead atoms. The Morgan fingerprint density at radius 1 is 0.964 bits per heavy atom. The highest BCUT2D eigenvalue weighted by Gasteiger charge is 2.06. The van der Waals surface area contributed by atoms with Gasteiger partial charge in [-0.15, -0.1) is 24.0 Å². The summed E-state index contributed by atoms with van der Waals surface area (Å²) in [6.07, 6.45) is 2.02. The molecule has 0 saturated heterocycles. The zero-order chi connectivity index (χ0) is 19.7. The molecule has 0 unspecified atom stereocenters. The van der Waals surface area contributed by atoms with Crippen molar-refractivity contribution < 1.29 is 18.9 Å². The van der Waals surface area contributed by atoms with Gasteiger partial charge in [0.25, 0.3) is 0 Å². The Balaban J connectivity index is 0.00000729. The van der Waals surface area contributed by atoms with E-state index in [4.69, 9.17) is 18.9 Å². The molecule has 1 aromatic carbocycles. The number of methoxy groups -OCH3 is 2. The predicted molar refractivity (Wildman–Crippen MR) is 124 cm³/mol. The van der Waals surface area contributed by atoms with Crippen molar-refractivity contribution in [1.29, 1.82) is 0 Å². The number of hydrogen-bond donors (Lipinski definition) is 2. The largest absolute Gasteiger partial charge is 0.491 e. The number of rotatable bonds is 14. The van der Waals surface area contributed by atoms with Gasteiger partial charge in [0, 0.05) is 46.5 Å². The van der Waals surface area contributed by atoms with Crippen LogP contribution < -0.4 is 15.4 Å². The van der Waals surface area contributed by atoms with Gasteiger partial charge in [-0.25, -0.2) is 0 Å². The summed E-state index contributed by atoms with van der Waals surface area (Å²) in [6.45, 7) is 6.69. The van der Waals surface area contributed by atoms with Gasteiger partial charge in [-0.05, 0) is 31.4 Å². The van der Waals surface area contributed by atoms with Crippen molar-refractivity contribution in [1.82, 2.24) is 10.6 Å². The molecule has 1 rings (SSSR count). The van der Waals surface area contributed by atoms with Gasteiger partial charge in [-0.1, -0.05) is 12.1 Å². The first-order valence-electron chi connectivity index (χ1n) is 9.43. The smallest absolute Gasteiger partial charge is 0.191 e. The summed E-state index contributed by atoms with van der Waals surface area (Å²) < 4.78 is 21.3. The maximum atomic E-state index is 5.83. The third-order valence-corrected chi connectivity index (χ3v) is 3.88. The van der Waals surface area contributed by atoms with Crippen LogP contribution in [0.2, 0.25) is 0 Å². The summed E-state index contributed by atoms with van der Waals surface area (Å²) in [5.41, 5.74) is 2.26. The minimum atomic E-state index is 0. The van der Waals surface area contributed by atoms with Crippen molar-refractivity contribution in [2.24, 2.45) is 4.99 Å². The van der Waals surface area contributed by atoms with E-state index in [1.807, 2.05) is 6.07 Å². The van der Waals surface area contributed by atoms with Gasteiger partial charge in [-0.2, -0.15) is 0 Å². The van der Waals surface area contributed by atoms with E-state index >= 15 is 0 Å². The van der Waals surface area contributed by atoms with Crippen LogP contribution in [0.25, 0.3) is 0 Å². The van der Waals surface area contributed by atoms with Crippen molar-refractivity contribution in [3.05, 3.63) is 29.3 Å². The Morgan fingerprint density at radius 3 is 2.43 bits per heavy atom. The van der Waals surface area contributed by atoms with E-state index in [1.54, 1.807) is 21.3 Å². The Bertz CT molecular complexity index is 544. The summed E-state index contributed by atoms with van der Waals surface area (Å²) >= 11 is 0. The summed E-state index contributed by atoms with van der Waals surface area (Å²) in [4.78, 5) is 4.27. The summed E-state index contributed by atoms with van der Waals surface area (Å²) in [7, 11) is 5.12. The van der Waals surface area contributed by atoms with Crippen LogP contribution in [0.5, 0.6) is 5.75 Å². The van der Waals surface area contributed by atoms with Crippen molar-refractivity contribution in [3.8, 4) is 5.75 Å². The van der Waals surface area contributed by atoms with Gasteiger partial charge in [0.15, 0.2) is 5.96 Å². The maximum absolute atomic E-state index is 5.83. The van der Waals surface area contributed by atoms with Crippen LogP contribution in [0.4, 0.5) is 0 Å². The first kappa shape index (κ1) is 26.9. The molecular formula is C20H36IN3O4. The van der Waals surface area contributed by atoms with Gasteiger partial charge < -0.3 is 29.6 Å². The zero-order valence-corrected chi connectivity index (χ0v) is 19.9. The van der Waals surface area contributed by atoms with Gasteiger partial charge in [0.1, 0.15) is 12.4 Å². The van der Waals surface area contributed by atoms with E-state index in [1.165, 1.54) is 5.56 Å². The summed E-state index contributed by atoms with van der Waals surface area (Å²) in [5.74, 6) is 1.65. The van der Waals surface area contributed by atoms with E-state index in [-0.39, 0.29) is 24.0 Å². The molecule has 0 atom stereocenters. The lowest BCUT2D eigenvalue weighted by atomic mass is 10.1. The Morgan fingerprint density at radius 2 is 1.71 bits per heavy atom. The quantitative estimate of drug-likeness (QED) is 0.174. The standard InChI is InChI=1S/C20H35N3O4.HI/c1-17-7-8-18(19(15-17)27-14-12-25-4)16-23-20(21-2)22-9-5-6-10-26-13-11-24-3;/h7-8,15H,5-6,9-14,16H2,1-4H3,(H2,21,22,23);1H. The fourth-order valence-electron chi connectivity index (χ4n) is 2.36. The Hall–Kier alpha value is -1.10. The molecule has 2 N–H and O–H groups in total. The first-order chi connectivity index (χ1) is 13.2. The number of nitrogens with one attached hydrogen (secondary N) is 2. The zero-order valence-electron chi connectivity index (χ0n) is 17.6. The molecule has 7 nitrogen and oxygen atoms in total. The molecule has 0 aliphatic rings. The average Bonchev–Trinajstić information content (AvgIpc) is 2.67. The van der Waals surface area contributed by atoms with Gasteiger partial charge in [0.05, 0.1) is 19.8 Å². The lowest BCUT2D eigenvalue weighted by Gasteiger charge is -2.15. The lowest BCUT2D eigenvalue weighted by Crippen LogP contribution is -2.37.